The largest absolute Gasteiger partial charge is 0.508 e. The maximum Gasteiger partial charge on any atom is 0.237 e. The quantitative estimate of drug-likeness (QED) is 0.535. The molecule has 1 aliphatic heterocycles. The van der Waals surface area contributed by atoms with E-state index in [0.29, 0.717) is 12.3 Å². The molecule has 140 valence electrons. The van der Waals surface area contributed by atoms with Gasteiger partial charge in [-0.15, -0.1) is 0 Å². The van der Waals surface area contributed by atoms with Gasteiger partial charge >= 0.3 is 0 Å². The molecule has 1 saturated heterocycles. The Bertz CT molecular complexity index is 525. The van der Waals surface area contributed by atoms with Crippen LogP contribution >= 0.6 is 0 Å². The number of carbonyl (C=O) groups excluding carboxylic acids is 1. The number of carbonyl (C=O) groups is 1. The van der Waals surface area contributed by atoms with E-state index in [-0.39, 0.29) is 11.9 Å². The van der Waals surface area contributed by atoms with Crippen LogP contribution in [0.1, 0.15) is 69.4 Å². The van der Waals surface area contributed by atoms with Crippen LogP contribution in [0.15, 0.2) is 18.2 Å². The molecule has 4 nitrogen and oxygen atoms in total. The fourth-order valence-corrected chi connectivity index (χ4v) is 3.43. The summed E-state index contributed by atoms with van der Waals surface area (Å²) in [6.45, 7) is 3.79. The summed E-state index contributed by atoms with van der Waals surface area (Å²) in [4.78, 5) is 11.9. The molecule has 1 heterocycles. The zero-order valence-corrected chi connectivity index (χ0v) is 15.7. The average Bonchev–Trinajstić information content (AvgIpc) is 3.14. The van der Waals surface area contributed by atoms with Crippen LogP contribution in [-0.4, -0.2) is 30.1 Å². The molecule has 1 aromatic carbocycles. The fraction of sp³-hybridized carbons (Fsp3) is 0.667. The first-order chi connectivity index (χ1) is 12.2. The van der Waals surface area contributed by atoms with Crippen LogP contribution in [0, 0.1) is 0 Å². The molecule has 0 radical (unpaired) electrons. The van der Waals surface area contributed by atoms with Crippen LogP contribution in [-0.2, 0) is 17.6 Å². The first-order valence-electron chi connectivity index (χ1n) is 10.0. The van der Waals surface area contributed by atoms with Gasteiger partial charge in [-0.1, -0.05) is 51.2 Å². The predicted molar refractivity (Wildman–Crippen MR) is 103 cm³/mol. The van der Waals surface area contributed by atoms with E-state index < -0.39 is 0 Å². The maximum absolute atomic E-state index is 11.9. The Kier molecular flexibility index (Phi) is 8.81. The molecule has 25 heavy (non-hydrogen) atoms. The van der Waals surface area contributed by atoms with Gasteiger partial charge < -0.3 is 15.7 Å². The second kappa shape index (κ2) is 11.1. The summed E-state index contributed by atoms with van der Waals surface area (Å²) in [5.41, 5.74) is 2.11. The van der Waals surface area contributed by atoms with Crippen LogP contribution in [0.2, 0.25) is 0 Å². The van der Waals surface area contributed by atoms with Gasteiger partial charge in [-0.05, 0) is 55.8 Å². The highest BCUT2D eigenvalue weighted by atomic mass is 16.3. The van der Waals surface area contributed by atoms with Crippen LogP contribution in [0.3, 0.4) is 0 Å². The summed E-state index contributed by atoms with van der Waals surface area (Å²) in [5, 5.41) is 16.4. The third-order valence-corrected chi connectivity index (χ3v) is 5.04. The standard InChI is InChI=1S/C21H34N2O2/c1-2-3-4-5-6-7-9-18-12-11-17(16-20(18)24)13-15-23-21(25)19-10-8-14-22-19/h11-12,16,19,22,24H,2-10,13-15H2,1H3,(H,23,25). The number of aromatic hydroxyl groups is 1. The molecule has 0 spiro atoms. The molecule has 1 aromatic rings. The van der Waals surface area contributed by atoms with Crippen molar-refractivity contribution in [3.8, 4) is 5.75 Å². The minimum absolute atomic E-state index is 0.0203. The highest BCUT2D eigenvalue weighted by Gasteiger charge is 2.21. The Balaban J connectivity index is 1.67. The summed E-state index contributed by atoms with van der Waals surface area (Å²) < 4.78 is 0. The fourth-order valence-electron chi connectivity index (χ4n) is 3.43. The molecule has 1 amide bonds. The Hall–Kier alpha value is -1.55. The number of rotatable bonds is 11. The minimum Gasteiger partial charge on any atom is -0.508 e. The van der Waals surface area contributed by atoms with Crippen LogP contribution in [0.4, 0.5) is 0 Å². The van der Waals surface area contributed by atoms with Crippen LogP contribution < -0.4 is 10.6 Å². The Morgan fingerprint density at radius 1 is 1.20 bits per heavy atom. The number of nitrogens with one attached hydrogen (secondary N) is 2. The number of amides is 1. The van der Waals surface area contributed by atoms with Gasteiger partial charge in [-0.2, -0.15) is 0 Å². The van der Waals surface area contributed by atoms with Crippen molar-refractivity contribution < 1.29 is 9.90 Å². The maximum atomic E-state index is 11.9. The molecule has 1 fully saturated rings. The molecule has 1 atom stereocenters. The summed E-state index contributed by atoms with van der Waals surface area (Å²) in [6, 6.07) is 5.95. The molecule has 3 N–H and O–H groups in total. The van der Waals surface area contributed by atoms with Crippen molar-refractivity contribution in [2.45, 2.75) is 77.2 Å². The van der Waals surface area contributed by atoms with Crippen molar-refractivity contribution in [2.24, 2.45) is 0 Å². The van der Waals surface area contributed by atoms with Gasteiger partial charge in [0.2, 0.25) is 5.91 Å². The molecule has 1 unspecified atom stereocenters. The van der Waals surface area contributed by atoms with Gasteiger partial charge in [0, 0.05) is 6.54 Å². The van der Waals surface area contributed by atoms with Gasteiger partial charge in [0.15, 0.2) is 0 Å². The summed E-state index contributed by atoms with van der Waals surface area (Å²) in [6.07, 6.45) is 11.3. The van der Waals surface area contributed by atoms with Crippen molar-refractivity contribution in [3.05, 3.63) is 29.3 Å². The molecule has 1 aliphatic rings. The second-order valence-electron chi connectivity index (χ2n) is 7.17. The van der Waals surface area contributed by atoms with E-state index in [1.165, 1.54) is 32.1 Å². The van der Waals surface area contributed by atoms with Crippen molar-refractivity contribution >= 4 is 5.91 Å². The van der Waals surface area contributed by atoms with Gasteiger partial charge in [0.25, 0.3) is 0 Å². The van der Waals surface area contributed by atoms with Gasteiger partial charge in [0.05, 0.1) is 6.04 Å². The molecule has 0 aliphatic carbocycles. The summed E-state index contributed by atoms with van der Waals surface area (Å²) in [5.74, 6) is 0.497. The van der Waals surface area contributed by atoms with Crippen molar-refractivity contribution in [2.75, 3.05) is 13.1 Å². The van der Waals surface area contributed by atoms with Gasteiger partial charge in [-0.3, -0.25) is 4.79 Å². The third-order valence-electron chi connectivity index (χ3n) is 5.04. The number of hydrogen-bond acceptors (Lipinski definition) is 3. The first kappa shape index (κ1) is 19.8. The lowest BCUT2D eigenvalue weighted by molar-refractivity contribution is -0.122. The zero-order valence-electron chi connectivity index (χ0n) is 15.7. The van der Waals surface area contributed by atoms with E-state index in [0.717, 1.165) is 49.8 Å². The Morgan fingerprint density at radius 2 is 2.00 bits per heavy atom. The minimum atomic E-state index is -0.0203. The lowest BCUT2D eigenvalue weighted by Crippen LogP contribution is -2.41. The smallest absolute Gasteiger partial charge is 0.237 e. The van der Waals surface area contributed by atoms with E-state index in [1.807, 2.05) is 12.1 Å². The average molecular weight is 347 g/mol. The molecule has 0 bridgehead atoms. The molecule has 4 heteroatoms. The van der Waals surface area contributed by atoms with Gasteiger partial charge in [-0.25, -0.2) is 0 Å². The lowest BCUT2D eigenvalue weighted by Gasteiger charge is -2.11. The van der Waals surface area contributed by atoms with E-state index in [2.05, 4.69) is 23.6 Å². The SMILES string of the molecule is CCCCCCCCc1ccc(CCNC(=O)C2CCCN2)cc1O. The second-order valence-corrected chi connectivity index (χ2v) is 7.17. The van der Waals surface area contributed by atoms with E-state index in [4.69, 9.17) is 0 Å². The van der Waals surface area contributed by atoms with E-state index in [1.54, 1.807) is 0 Å². The lowest BCUT2D eigenvalue weighted by atomic mass is 10.0. The molecular weight excluding hydrogens is 312 g/mol. The van der Waals surface area contributed by atoms with Gasteiger partial charge in [0.1, 0.15) is 5.75 Å². The summed E-state index contributed by atoms with van der Waals surface area (Å²) >= 11 is 0. The topological polar surface area (TPSA) is 61.4 Å². The Labute approximate surface area is 152 Å². The highest BCUT2D eigenvalue weighted by molar-refractivity contribution is 5.81. The van der Waals surface area contributed by atoms with E-state index in [9.17, 15) is 9.90 Å². The molecule has 0 aromatic heterocycles. The number of unbranched alkanes of at least 4 members (excludes halogenated alkanes) is 5. The molecular formula is C21H34N2O2. The Morgan fingerprint density at radius 3 is 2.72 bits per heavy atom. The number of hydrogen-bond donors (Lipinski definition) is 3. The number of phenols is 1. The summed E-state index contributed by atoms with van der Waals surface area (Å²) in [7, 11) is 0. The normalized spacial score (nSPS) is 16.9. The number of aryl methyl sites for hydroxylation is 1. The monoisotopic (exact) mass is 346 g/mol. The van der Waals surface area contributed by atoms with Crippen LogP contribution in [0.25, 0.3) is 0 Å². The number of phenolic OH excluding ortho intramolecular Hbond substituents is 1. The number of benzene rings is 1. The molecule has 0 saturated carbocycles. The zero-order chi connectivity index (χ0) is 17.9. The first-order valence-corrected chi connectivity index (χ1v) is 10.0. The van der Waals surface area contributed by atoms with Crippen molar-refractivity contribution in [1.29, 1.82) is 0 Å². The van der Waals surface area contributed by atoms with Crippen LogP contribution in [0.5, 0.6) is 5.75 Å². The van der Waals surface area contributed by atoms with Crippen molar-refractivity contribution in [3.63, 3.8) is 0 Å². The third kappa shape index (κ3) is 7.07. The highest BCUT2D eigenvalue weighted by Crippen LogP contribution is 2.21. The molecule has 2 rings (SSSR count). The van der Waals surface area contributed by atoms with E-state index >= 15 is 0 Å². The van der Waals surface area contributed by atoms with Crippen molar-refractivity contribution in [1.82, 2.24) is 10.6 Å². The predicted octanol–water partition coefficient (Wildman–Crippen LogP) is 3.71.